The zero-order chi connectivity index (χ0) is 15.2. The first-order valence-corrected chi connectivity index (χ1v) is 7.13. The molecule has 2 rings (SSSR count). The molecule has 0 spiro atoms. The normalized spacial score (nSPS) is 10.4. The lowest BCUT2D eigenvalue weighted by atomic mass is 10.2. The summed E-state index contributed by atoms with van der Waals surface area (Å²) >= 11 is 0. The molecule has 1 aromatic heterocycles. The van der Waals surface area contributed by atoms with Crippen LogP contribution in [0.3, 0.4) is 0 Å². The highest BCUT2D eigenvalue weighted by Crippen LogP contribution is 2.15. The SMILES string of the molecule is CCN(CCNC(=O)c1cc(C)on1)c1cccc(C)c1. The van der Waals surface area contributed by atoms with E-state index in [0.29, 0.717) is 18.0 Å². The van der Waals surface area contributed by atoms with Gasteiger partial charge in [0.2, 0.25) is 0 Å². The van der Waals surface area contributed by atoms with Gasteiger partial charge in [-0.3, -0.25) is 4.79 Å². The molecule has 112 valence electrons. The van der Waals surface area contributed by atoms with Gasteiger partial charge in [0.25, 0.3) is 5.91 Å². The van der Waals surface area contributed by atoms with Crippen molar-refractivity contribution in [2.45, 2.75) is 20.8 Å². The highest BCUT2D eigenvalue weighted by molar-refractivity contribution is 5.92. The summed E-state index contributed by atoms with van der Waals surface area (Å²) in [5.74, 6) is 0.433. The van der Waals surface area contributed by atoms with Gasteiger partial charge < -0.3 is 14.7 Å². The maximum atomic E-state index is 11.9. The standard InChI is InChI=1S/C16H21N3O2/c1-4-19(14-7-5-6-12(2)10-14)9-8-17-16(20)15-11-13(3)21-18-15/h5-7,10-11H,4,8-9H2,1-3H3,(H,17,20). The number of aromatic nitrogens is 1. The number of likely N-dealkylation sites (N-methyl/N-ethyl adjacent to an activating group) is 1. The predicted molar refractivity (Wildman–Crippen MR) is 82.6 cm³/mol. The van der Waals surface area contributed by atoms with E-state index in [9.17, 15) is 4.79 Å². The second kappa shape index (κ2) is 6.92. The number of hydrogen-bond donors (Lipinski definition) is 1. The summed E-state index contributed by atoms with van der Waals surface area (Å²) in [6.45, 7) is 8.15. The largest absolute Gasteiger partial charge is 0.370 e. The van der Waals surface area contributed by atoms with Crippen LogP contribution in [0.15, 0.2) is 34.9 Å². The molecule has 0 saturated carbocycles. The molecule has 0 radical (unpaired) electrons. The van der Waals surface area contributed by atoms with Crippen molar-refractivity contribution in [3.8, 4) is 0 Å². The number of carbonyl (C=O) groups excluding carboxylic acids is 1. The van der Waals surface area contributed by atoms with Gasteiger partial charge in [-0.05, 0) is 38.5 Å². The molecule has 2 aromatic rings. The van der Waals surface area contributed by atoms with Crippen molar-refractivity contribution in [2.24, 2.45) is 0 Å². The first-order chi connectivity index (χ1) is 10.1. The van der Waals surface area contributed by atoms with E-state index < -0.39 is 0 Å². The van der Waals surface area contributed by atoms with Crippen LogP contribution in [-0.4, -0.2) is 30.7 Å². The van der Waals surface area contributed by atoms with Gasteiger partial charge in [0.1, 0.15) is 5.76 Å². The van der Waals surface area contributed by atoms with Gasteiger partial charge in [0, 0.05) is 31.4 Å². The third-order valence-corrected chi connectivity index (χ3v) is 3.28. The molecule has 21 heavy (non-hydrogen) atoms. The Bertz CT molecular complexity index is 607. The van der Waals surface area contributed by atoms with Crippen molar-refractivity contribution >= 4 is 11.6 Å². The lowest BCUT2D eigenvalue weighted by Crippen LogP contribution is -2.35. The van der Waals surface area contributed by atoms with Gasteiger partial charge in [0.15, 0.2) is 5.69 Å². The van der Waals surface area contributed by atoms with Gasteiger partial charge in [-0.15, -0.1) is 0 Å². The summed E-state index contributed by atoms with van der Waals surface area (Å²) in [7, 11) is 0. The fraction of sp³-hybridized carbons (Fsp3) is 0.375. The molecule has 0 bridgehead atoms. The van der Waals surface area contributed by atoms with Crippen molar-refractivity contribution in [1.82, 2.24) is 10.5 Å². The van der Waals surface area contributed by atoms with Crippen LogP contribution in [0, 0.1) is 13.8 Å². The number of carbonyl (C=O) groups is 1. The van der Waals surface area contributed by atoms with Crippen molar-refractivity contribution in [1.29, 1.82) is 0 Å². The Kier molecular flexibility index (Phi) is 4.98. The van der Waals surface area contributed by atoms with E-state index in [1.165, 1.54) is 11.3 Å². The van der Waals surface area contributed by atoms with Crippen LogP contribution >= 0.6 is 0 Å². The predicted octanol–water partition coefficient (Wildman–Crippen LogP) is 2.55. The number of nitrogens with one attached hydrogen (secondary N) is 1. The quantitative estimate of drug-likeness (QED) is 0.887. The molecule has 1 heterocycles. The van der Waals surface area contributed by atoms with Crippen molar-refractivity contribution in [3.63, 3.8) is 0 Å². The van der Waals surface area contributed by atoms with Gasteiger partial charge in [-0.2, -0.15) is 0 Å². The molecule has 5 nitrogen and oxygen atoms in total. The molecule has 1 amide bonds. The molecule has 1 N–H and O–H groups in total. The Morgan fingerprint density at radius 1 is 1.33 bits per heavy atom. The average molecular weight is 287 g/mol. The molecule has 0 aliphatic carbocycles. The van der Waals surface area contributed by atoms with E-state index in [-0.39, 0.29) is 5.91 Å². The number of hydrogen-bond acceptors (Lipinski definition) is 4. The molecule has 0 saturated heterocycles. The van der Waals surface area contributed by atoms with Gasteiger partial charge >= 0.3 is 0 Å². The third-order valence-electron chi connectivity index (χ3n) is 3.28. The second-order valence-electron chi connectivity index (χ2n) is 5.00. The zero-order valence-corrected chi connectivity index (χ0v) is 12.7. The van der Waals surface area contributed by atoms with Gasteiger partial charge in [0.05, 0.1) is 0 Å². The van der Waals surface area contributed by atoms with Crippen molar-refractivity contribution in [2.75, 3.05) is 24.5 Å². The monoisotopic (exact) mass is 287 g/mol. The molecule has 0 unspecified atom stereocenters. The summed E-state index contributed by atoms with van der Waals surface area (Å²) in [6, 6.07) is 9.98. The maximum Gasteiger partial charge on any atom is 0.273 e. The molecule has 0 fully saturated rings. The van der Waals surface area contributed by atoms with Crippen LogP contribution in [0.2, 0.25) is 0 Å². The molecule has 0 aliphatic rings. The minimum atomic E-state index is -0.202. The Labute approximate surface area is 124 Å². The minimum absolute atomic E-state index is 0.202. The number of benzene rings is 1. The van der Waals surface area contributed by atoms with E-state index in [1.54, 1.807) is 13.0 Å². The molecular weight excluding hydrogens is 266 g/mol. The summed E-state index contributed by atoms with van der Waals surface area (Å²) < 4.78 is 4.90. The van der Waals surface area contributed by atoms with E-state index in [2.05, 4.69) is 47.4 Å². The Balaban J connectivity index is 1.88. The highest BCUT2D eigenvalue weighted by Gasteiger charge is 2.11. The summed E-state index contributed by atoms with van der Waals surface area (Å²) in [5.41, 5.74) is 2.73. The van der Waals surface area contributed by atoms with Gasteiger partial charge in [-0.25, -0.2) is 0 Å². The lowest BCUT2D eigenvalue weighted by Gasteiger charge is -2.23. The summed E-state index contributed by atoms with van der Waals surface area (Å²) in [4.78, 5) is 14.1. The van der Waals surface area contributed by atoms with Crippen LogP contribution in [0.4, 0.5) is 5.69 Å². The molecular formula is C16H21N3O2. The smallest absolute Gasteiger partial charge is 0.273 e. The minimum Gasteiger partial charge on any atom is -0.370 e. The number of anilines is 1. The average Bonchev–Trinajstić information content (AvgIpc) is 2.90. The number of rotatable bonds is 6. The van der Waals surface area contributed by atoms with Crippen LogP contribution in [0.5, 0.6) is 0 Å². The first-order valence-electron chi connectivity index (χ1n) is 7.13. The molecule has 0 aliphatic heterocycles. The first kappa shape index (κ1) is 15.1. The molecule has 0 atom stereocenters. The summed E-state index contributed by atoms with van der Waals surface area (Å²) in [6.07, 6.45) is 0. The van der Waals surface area contributed by atoms with E-state index in [0.717, 1.165) is 13.1 Å². The van der Waals surface area contributed by atoms with E-state index in [4.69, 9.17) is 4.52 Å². The van der Waals surface area contributed by atoms with E-state index >= 15 is 0 Å². The van der Waals surface area contributed by atoms with Crippen LogP contribution in [0.25, 0.3) is 0 Å². The Morgan fingerprint density at radius 2 is 2.14 bits per heavy atom. The lowest BCUT2D eigenvalue weighted by molar-refractivity contribution is 0.0945. The number of nitrogens with zero attached hydrogens (tertiary/aromatic N) is 2. The van der Waals surface area contributed by atoms with Crippen molar-refractivity contribution in [3.05, 3.63) is 47.3 Å². The maximum absolute atomic E-state index is 11.9. The fourth-order valence-corrected chi connectivity index (χ4v) is 2.16. The van der Waals surface area contributed by atoms with Crippen LogP contribution < -0.4 is 10.2 Å². The number of aryl methyl sites for hydroxylation is 2. The van der Waals surface area contributed by atoms with Crippen molar-refractivity contribution < 1.29 is 9.32 Å². The second-order valence-corrected chi connectivity index (χ2v) is 5.00. The van der Waals surface area contributed by atoms with Gasteiger partial charge in [-0.1, -0.05) is 17.3 Å². The topological polar surface area (TPSA) is 58.4 Å². The number of amides is 1. The fourth-order valence-electron chi connectivity index (χ4n) is 2.16. The zero-order valence-electron chi connectivity index (χ0n) is 12.7. The molecule has 1 aromatic carbocycles. The third kappa shape index (κ3) is 4.08. The molecule has 5 heteroatoms. The van der Waals surface area contributed by atoms with Crippen LogP contribution in [-0.2, 0) is 0 Å². The Hall–Kier alpha value is -2.30. The highest BCUT2D eigenvalue weighted by atomic mass is 16.5. The summed E-state index contributed by atoms with van der Waals surface area (Å²) in [5, 5.41) is 6.56. The van der Waals surface area contributed by atoms with E-state index in [1.807, 2.05) is 6.07 Å². The van der Waals surface area contributed by atoms with Crippen LogP contribution in [0.1, 0.15) is 28.7 Å². The Morgan fingerprint density at radius 3 is 2.76 bits per heavy atom.